The van der Waals surface area contributed by atoms with E-state index in [-0.39, 0.29) is 36.4 Å². The van der Waals surface area contributed by atoms with Gasteiger partial charge in [-0.2, -0.15) is 0 Å². The van der Waals surface area contributed by atoms with Crippen molar-refractivity contribution in [3.05, 3.63) is 34.9 Å². The van der Waals surface area contributed by atoms with Crippen LogP contribution in [0.2, 0.25) is 5.02 Å². The van der Waals surface area contributed by atoms with Crippen molar-refractivity contribution in [3.8, 4) is 0 Å². The van der Waals surface area contributed by atoms with E-state index in [0.717, 1.165) is 5.56 Å². The molecule has 0 unspecified atom stereocenters. The van der Waals surface area contributed by atoms with Gasteiger partial charge in [-0.05, 0) is 11.6 Å². The molecular formula is C15H24ClIN4O2. The van der Waals surface area contributed by atoms with Crippen LogP contribution in [0.1, 0.15) is 5.56 Å². The molecule has 2 N–H and O–H groups in total. The molecule has 0 atom stereocenters. The van der Waals surface area contributed by atoms with E-state index in [1.54, 1.807) is 14.2 Å². The first-order chi connectivity index (χ1) is 10.6. The van der Waals surface area contributed by atoms with Crippen molar-refractivity contribution in [2.75, 3.05) is 40.9 Å². The molecule has 1 aromatic carbocycles. The van der Waals surface area contributed by atoms with Crippen LogP contribution in [0.15, 0.2) is 29.3 Å². The molecule has 0 fully saturated rings. The summed E-state index contributed by atoms with van der Waals surface area (Å²) in [5.41, 5.74) is 0.999. The van der Waals surface area contributed by atoms with Crippen LogP contribution in [-0.2, 0) is 16.1 Å². The van der Waals surface area contributed by atoms with Crippen molar-refractivity contribution in [1.82, 2.24) is 15.5 Å². The average molecular weight is 455 g/mol. The first kappa shape index (κ1) is 21.9. The molecule has 0 radical (unpaired) electrons. The minimum Gasteiger partial charge on any atom is -0.383 e. The molecule has 0 aromatic heterocycles. The summed E-state index contributed by atoms with van der Waals surface area (Å²) in [6, 6.07) is 7.64. The molecule has 1 aromatic rings. The zero-order chi connectivity index (χ0) is 16.4. The van der Waals surface area contributed by atoms with Crippen molar-refractivity contribution in [1.29, 1.82) is 0 Å². The van der Waals surface area contributed by atoms with Crippen LogP contribution in [0.25, 0.3) is 0 Å². The Kier molecular flexibility index (Phi) is 11.8. The van der Waals surface area contributed by atoms with Gasteiger partial charge in [0.1, 0.15) is 0 Å². The SMILES string of the molecule is CN=C(NCC(=O)NCCOC)N(C)Cc1ccccc1Cl.I. The van der Waals surface area contributed by atoms with Gasteiger partial charge in [-0.3, -0.25) is 9.79 Å². The Labute approximate surface area is 159 Å². The van der Waals surface area contributed by atoms with Crippen molar-refractivity contribution < 1.29 is 9.53 Å². The molecular weight excluding hydrogens is 431 g/mol. The van der Waals surface area contributed by atoms with E-state index in [2.05, 4.69) is 15.6 Å². The number of guanidine groups is 1. The molecule has 0 heterocycles. The molecule has 0 saturated heterocycles. The predicted octanol–water partition coefficient (Wildman–Crippen LogP) is 1.73. The van der Waals surface area contributed by atoms with Gasteiger partial charge in [-0.15, -0.1) is 24.0 Å². The standard InChI is InChI=1S/C15H23ClN4O2.HI/c1-17-15(19-10-14(21)18-8-9-22-3)20(2)11-12-6-4-5-7-13(12)16;/h4-7H,8-11H2,1-3H3,(H,17,19)(H,18,21);1H. The molecule has 0 aliphatic rings. The number of halogens is 2. The van der Waals surface area contributed by atoms with Gasteiger partial charge in [0.2, 0.25) is 5.91 Å². The highest BCUT2D eigenvalue weighted by Gasteiger charge is 2.10. The smallest absolute Gasteiger partial charge is 0.239 e. The topological polar surface area (TPSA) is 66.0 Å². The summed E-state index contributed by atoms with van der Waals surface area (Å²) >= 11 is 6.15. The van der Waals surface area contributed by atoms with Crippen molar-refractivity contribution in [2.24, 2.45) is 4.99 Å². The van der Waals surface area contributed by atoms with Crippen molar-refractivity contribution in [2.45, 2.75) is 6.54 Å². The molecule has 0 spiro atoms. The number of amides is 1. The zero-order valence-electron chi connectivity index (χ0n) is 13.6. The third-order valence-electron chi connectivity index (χ3n) is 2.97. The predicted molar refractivity (Wildman–Crippen MR) is 105 cm³/mol. The van der Waals surface area contributed by atoms with Crippen LogP contribution >= 0.6 is 35.6 Å². The number of hydrogen-bond acceptors (Lipinski definition) is 3. The summed E-state index contributed by atoms with van der Waals surface area (Å²) in [6.07, 6.45) is 0. The summed E-state index contributed by atoms with van der Waals surface area (Å²) in [4.78, 5) is 17.7. The number of benzene rings is 1. The van der Waals surface area contributed by atoms with Crippen LogP contribution in [0, 0.1) is 0 Å². The van der Waals surface area contributed by atoms with E-state index in [1.807, 2.05) is 36.2 Å². The van der Waals surface area contributed by atoms with E-state index < -0.39 is 0 Å². The van der Waals surface area contributed by atoms with Gasteiger partial charge in [0.15, 0.2) is 5.96 Å². The van der Waals surface area contributed by atoms with E-state index in [9.17, 15) is 4.79 Å². The Hall–Kier alpha value is -1.06. The summed E-state index contributed by atoms with van der Waals surface area (Å²) in [7, 11) is 5.16. The Morgan fingerprint density at radius 3 is 2.65 bits per heavy atom. The molecule has 6 nitrogen and oxygen atoms in total. The number of aliphatic imine (C=N–C) groups is 1. The Balaban J connectivity index is 0.00000484. The van der Waals surface area contributed by atoms with Gasteiger partial charge in [-0.1, -0.05) is 29.8 Å². The normalized spacial score (nSPS) is 10.7. The highest BCUT2D eigenvalue weighted by atomic mass is 127. The van der Waals surface area contributed by atoms with Gasteiger partial charge in [-0.25, -0.2) is 0 Å². The summed E-state index contributed by atoms with van der Waals surface area (Å²) in [5, 5.41) is 6.47. The summed E-state index contributed by atoms with van der Waals surface area (Å²) in [5.74, 6) is 0.520. The lowest BCUT2D eigenvalue weighted by molar-refractivity contribution is -0.120. The monoisotopic (exact) mass is 454 g/mol. The number of ether oxygens (including phenoxy) is 1. The van der Waals surface area contributed by atoms with Gasteiger partial charge >= 0.3 is 0 Å². The first-order valence-electron chi connectivity index (χ1n) is 6.99. The van der Waals surface area contributed by atoms with Crippen LogP contribution in [-0.4, -0.2) is 57.7 Å². The van der Waals surface area contributed by atoms with Crippen LogP contribution in [0.5, 0.6) is 0 Å². The van der Waals surface area contributed by atoms with Crippen molar-refractivity contribution >= 4 is 47.4 Å². The van der Waals surface area contributed by atoms with Gasteiger partial charge in [0, 0.05) is 39.3 Å². The second-order valence-electron chi connectivity index (χ2n) is 4.69. The summed E-state index contributed by atoms with van der Waals surface area (Å²) < 4.78 is 4.88. The fraction of sp³-hybridized carbons (Fsp3) is 0.467. The first-order valence-corrected chi connectivity index (χ1v) is 7.37. The lowest BCUT2D eigenvalue weighted by Crippen LogP contribution is -2.44. The molecule has 0 saturated carbocycles. The van der Waals surface area contributed by atoms with Crippen LogP contribution in [0.4, 0.5) is 0 Å². The number of carbonyl (C=O) groups is 1. The number of hydrogen-bond donors (Lipinski definition) is 2. The molecule has 23 heavy (non-hydrogen) atoms. The average Bonchev–Trinajstić information content (AvgIpc) is 2.50. The van der Waals surface area contributed by atoms with Gasteiger partial charge < -0.3 is 20.3 Å². The lowest BCUT2D eigenvalue weighted by atomic mass is 10.2. The van der Waals surface area contributed by atoms with Gasteiger partial charge in [0.05, 0.1) is 13.2 Å². The van der Waals surface area contributed by atoms with E-state index in [0.29, 0.717) is 30.7 Å². The Morgan fingerprint density at radius 2 is 2.04 bits per heavy atom. The Morgan fingerprint density at radius 1 is 1.35 bits per heavy atom. The maximum absolute atomic E-state index is 11.6. The molecule has 1 amide bonds. The number of nitrogens with one attached hydrogen (secondary N) is 2. The van der Waals surface area contributed by atoms with Crippen LogP contribution < -0.4 is 10.6 Å². The number of carbonyl (C=O) groups excluding carboxylic acids is 1. The van der Waals surface area contributed by atoms with Gasteiger partial charge in [0.25, 0.3) is 0 Å². The second-order valence-corrected chi connectivity index (χ2v) is 5.10. The number of methoxy groups -OCH3 is 1. The highest BCUT2D eigenvalue weighted by molar-refractivity contribution is 14.0. The van der Waals surface area contributed by atoms with E-state index in [1.165, 1.54) is 0 Å². The molecule has 0 aliphatic heterocycles. The second kappa shape index (κ2) is 12.4. The zero-order valence-corrected chi connectivity index (χ0v) is 16.7. The third kappa shape index (κ3) is 8.38. The molecule has 8 heteroatoms. The third-order valence-corrected chi connectivity index (χ3v) is 3.34. The summed E-state index contributed by atoms with van der Waals surface area (Å²) in [6.45, 7) is 1.74. The van der Waals surface area contributed by atoms with E-state index >= 15 is 0 Å². The van der Waals surface area contributed by atoms with E-state index in [4.69, 9.17) is 16.3 Å². The maximum atomic E-state index is 11.6. The molecule has 1 rings (SSSR count). The molecule has 0 bridgehead atoms. The lowest BCUT2D eigenvalue weighted by Gasteiger charge is -2.22. The molecule has 0 aliphatic carbocycles. The minimum atomic E-state index is -0.107. The highest BCUT2D eigenvalue weighted by Crippen LogP contribution is 2.16. The van der Waals surface area contributed by atoms with Crippen LogP contribution in [0.3, 0.4) is 0 Å². The number of nitrogens with zero attached hydrogens (tertiary/aromatic N) is 2. The number of rotatable bonds is 7. The quantitative estimate of drug-likeness (QED) is 0.285. The fourth-order valence-electron chi connectivity index (χ4n) is 1.86. The largest absolute Gasteiger partial charge is 0.383 e. The Bertz CT molecular complexity index is 514. The fourth-order valence-corrected chi connectivity index (χ4v) is 2.05. The molecule has 130 valence electrons. The maximum Gasteiger partial charge on any atom is 0.239 e. The van der Waals surface area contributed by atoms with Crippen molar-refractivity contribution in [3.63, 3.8) is 0 Å². The minimum absolute atomic E-state index is 0.